The first-order chi connectivity index (χ1) is 18.5. The molecule has 1 aliphatic carbocycles. The van der Waals surface area contributed by atoms with Crippen LogP contribution in [0.4, 0.5) is 5.13 Å². The number of allylic oxidation sites excluding steroid dienone is 3. The van der Waals surface area contributed by atoms with Crippen molar-refractivity contribution in [3.8, 4) is 17.6 Å². The number of nitrogens with zero attached hydrogens (tertiary/aromatic N) is 4. The van der Waals surface area contributed by atoms with Crippen molar-refractivity contribution < 1.29 is 14.3 Å². The number of halogens is 1. The molecule has 2 aliphatic rings. The monoisotopic (exact) mass is 565 g/mol. The lowest BCUT2D eigenvalue weighted by atomic mass is 9.75. The van der Waals surface area contributed by atoms with E-state index < -0.39 is 5.92 Å². The van der Waals surface area contributed by atoms with Crippen molar-refractivity contribution in [2.24, 2.45) is 5.73 Å². The van der Waals surface area contributed by atoms with Crippen molar-refractivity contribution in [3.05, 3.63) is 81.3 Å². The number of methoxy groups -OCH3 is 2. The molecule has 194 valence electrons. The summed E-state index contributed by atoms with van der Waals surface area (Å²) in [6.07, 6.45) is 1.69. The molecule has 1 atom stereocenters. The fourth-order valence-electron chi connectivity index (χ4n) is 4.86. The molecule has 2 aromatic carbocycles. The molecule has 5 rings (SSSR count). The lowest BCUT2D eigenvalue weighted by molar-refractivity contribution is -0.116. The van der Waals surface area contributed by atoms with Crippen LogP contribution in [-0.4, -0.2) is 30.2 Å². The zero-order valence-corrected chi connectivity index (χ0v) is 23.1. The first-order valence-corrected chi connectivity index (χ1v) is 14.0. The Hall–Kier alpha value is -3.52. The average Bonchev–Trinajstić information content (AvgIpc) is 3.40. The van der Waals surface area contributed by atoms with E-state index in [4.69, 9.17) is 26.8 Å². The highest BCUT2D eigenvalue weighted by atomic mass is 35.5. The molecule has 0 saturated carbocycles. The third kappa shape index (κ3) is 4.62. The van der Waals surface area contributed by atoms with Crippen molar-refractivity contribution in [2.75, 3.05) is 19.1 Å². The van der Waals surface area contributed by atoms with Gasteiger partial charge in [0.25, 0.3) is 0 Å². The van der Waals surface area contributed by atoms with Crippen LogP contribution in [0.25, 0.3) is 0 Å². The van der Waals surface area contributed by atoms with Crippen molar-refractivity contribution in [2.45, 2.75) is 35.3 Å². The molecule has 1 aliphatic heterocycles. The normalized spacial score (nSPS) is 17.4. The van der Waals surface area contributed by atoms with Crippen LogP contribution in [0, 0.1) is 11.3 Å². The van der Waals surface area contributed by atoms with E-state index in [9.17, 15) is 10.1 Å². The molecule has 0 fully saturated rings. The van der Waals surface area contributed by atoms with Gasteiger partial charge >= 0.3 is 0 Å². The minimum absolute atomic E-state index is 0.0239. The number of carbonyl (C=O) groups excluding carboxylic acids is 1. The Bertz CT molecular complexity index is 1510. The van der Waals surface area contributed by atoms with Crippen molar-refractivity contribution in [1.82, 2.24) is 10.2 Å². The molecule has 0 amide bonds. The highest BCUT2D eigenvalue weighted by Gasteiger charge is 2.42. The number of rotatable bonds is 7. The van der Waals surface area contributed by atoms with E-state index in [0.29, 0.717) is 57.8 Å². The number of ketones is 1. The molecule has 11 heteroatoms. The number of Topliss-reactive ketones (excluding diaryl/α,β-unsaturated/α-hetero) is 1. The van der Waals surface area contributed by atoms with Gasteiger partial charge in [-0.3, -0.25) is 9.69 Å². The standard InChI is InChI=1S/C27H24ClN5O3S2/c1-35-21-12-5-8-16(24(21)36-2)22-17(13-29)25(30)33(19-10-6-11-20(34)23(19)22)26-31-32-27(38-26)37-14-15-7-3-4-9-18(15)28/h3-5,7-9,12,22H,6,10-11,14,30H2,1-2H3/t22-/m0/s1. The molecule has 0 spiro atoms. The second kappa shape index (κ2) is 11.1. The number of thioether (sulfide) groups is 1. The van der Waals surface area contributed by atoms with Gasteiger partial charge in [-0.25, -0.2) is 0 Å². The predicted molar refractivity (Wildman–Crippen MR) is 148 cm³/mol. The minimum Gasteiger partial charge on any atom is -0.493 e. The first kappa shape index (κ1) is 26.1. The molecular formula is C27H24ClN5O3S2. The number of ether oxygens (including phenoxy) is 2. The number of aromatic nitrogens is 2. The number of nitrogens with two attached hydrogens (primary N) is 1. The van der Waals surface area contributed by atoms with Crippen molar-refractivity contribution in [1.29, 1.82) is 5.26 Å². The molecular weight excluding hydrogens is 542 g/mol. The fraction of sp³-hybridized carbons (Fsp3) is 0.259. The van der Waals surface area contributed by atoms with Crippen LogP contribution in [-0.2, 0) is 10.5 Å². The van der Waals surface area contributed by atoms with Gasteiger partial charge in [-0.05, 0) is 30.5 Å². The molecule has 0 radical (unpaired) electrons. The molecule has 0 saturated heterocycles. The van der Waals surface area contributed by atoms with E-state index in [1.807, 2.05) is 36.4 Å². The molecule has 0 unspecified atom stereocenters. The zero-order chi connectivity index (χ0) is 26.8. The van der Waals surface area contributed by atoms with Gasteiger partial charge in [-0.15, -0.1) is 10.2 Å². The summed E-state index contributed by atoms with van der Waals surface area (Å²) in [5, 5.41) is 20.2. The molecule has 2 heterocycles. The van der Waals surface area contributed by atoms with Gasteiger partial charge in [0, 0.05) is 34.0 Å². The van der Waals surface area contributed by atoms with Crippen LogP contribution in [0.3, 0.4) is 0 Å². The second-order valence-corrected chi connectivity index (χ2v) is 11.2. The van der Waals surface area contributed by atoms with Crippen LogP contribution in [0.2, 0.25) is 5.02 Å². The van der Waals surface area contributed by atoms with E-state index in [2.05, 4.69) is 16.3 Å². The third-order valence-corrected chi connectivity index (χ3v) is 9.01. The van der Waals surface area contributed by atoms with Crippen molar-refractivity contribution >= 4 is 45.6 Å². The van der Waals surface area contributed by atoms with Gasteiger partial charge in [-0.1, -0.05) is 65.0 Å². The Kier molecular flexibility index (Phi) is 7.61. The maximum atomic E-state index is 13.4. The zero-order valence-electron chi connectivity index (χ0n) is 20.7. The van der Waals surface area contributed by atoms with Gasteiger partial charge in [-0.2, -0.15) is 5.26 Å². The van der Waals surface area contributed by atoms with Gasteiger partial charge in [0.2, 0.25) is 5.13 Å². The first-order valence-electron chi connectivity index (χ1n) is 11.8. The number of hydrogen-bond donors (Lipinski definition) is 1. The van der Waals surface area contributed by atoms with Crippen LogP contribution in [0.5, 0.6) is 11.5 Å². The maximum absolute atomic E-state index is 13.4. The smallest absolute Gasteiger partial charge is 0.219 e. The topological polar surface area (TPSA) is 114 Å². The fourth-order valence-corrected chi connectivity index (χ4v) is 7.03. The summed E-state index contributed by atoms with van der Waals surface area (Å²) >= 11 is 9.17. The van der Waals surface area contributed by atoms with E-state index in [1.54, 1.807) is 18.1 Å². The van der Waals surface area contributed by atoms with Crippen molar-refractivity contribution in [3.63, 3.8) is 0 Å². The summed E-state index contributed by atoms with van der Waals surface area (Å²) in [5.41, 5.74) is 9.87. The lowest BCUT2D eigenvalue weighted by Gasteiger charge is -2.38. The average molecular weight is 566 g/mol. The largest absolute Gasteiger partial charge is 0.493 e. The molecule has 8 nitrogen and oxygen atoms in total. The SMILES string of the molecule is COc1cccc([C@H]2C(C#N)=C(N)N(c3nnc(SCc4ccccc4Cl)s3)C3=C2C(=O)CCC3)c1OC. The highest BCUT2D eigenvalue weighted by Crippen LogP contribution is 2.50. The van der Waals surface area contributed by atoms with E-state index in [0.717, 1.165) is 15.6 Å². The number of hydrogen-bond acceptors (Lipinski definition) is 10. The Morgan fingerprint density at radius 3 is 2.74 bits per heavy atom. The Morgan fingerprint density at radius 1 is 1.18 bits per heavy atom. The Morgan fingerprint density at radius 2 is 2.00 bits per heavy atom. The van der Waals surface area contributed by atoms with Crippen LogP contribution in [0.15, 0.2) is 69.5 Å². The lowest BCUT2D eigenvalue weighted by Crippen LogP contribution is -2.38. The van der Waals surface area contributed by atoms with E-state index >= 15 is 0 Å². The quantitative estimate of drug-likeness (QED) is 0.354. The summed E-state index contributed by atoms with van der Waals surface area (Å²) < 4.78 is 11.9. The molecule has 2 N–H and O–H groups in total. The highest BCUT2D eigenvalue weighted by molar-refractivity contribution is 8.00. The summed E-state index contributed by atoms with van der Waals surface area (Å²) in [7, 11) is 3.09. The number of para-hydroxylation sites is 1. The maximum Gasteiger partial charge on any atom is 0.219 e. The Balaban J connectivity index is 1.57. The van der Waals surface area contributed by atoms with E-state index in [1.165, 1.54) is 30.2 Å². The molecule has 38 heavy (non-hydrogen) atoms. The van der Waals surface area contributed by atoms with Crippen LogP contribution in [0.1, 0.15) is 36.3 Å². The molecule has 0 bridgehead atoms. The van der Waals surface area contributed by atoms with E-state index in [-0.39, 0.29) is 17.2 Å². The summed E-state index contributed by atoms with van der Waals surface area (Å²) in [6.45, 7) is 0. The third-order valence-electron chi connectivity index (χ3n) is 6.55. The van der Waals surface area contributed by atoms with Crippen LogP contribution >= 0.6 is 34.7 Å². The van der Waals surface area contributed by atoms with Crippen LogP contribution < -0.4 is 20.1 Å². The summed E-state index contributed by atoms with van der Waals surface area (Å²) in [5.74, 6) is 1.14. The number of benzene rings is 2. The number of nitriles is 1. The number of anilines is 1. The van der Waals surface area contributed by atoms with Gasteiger partial charge in [0.15, 0.2) is 21.6 Å². The molecule has 1 aromatic heterocycles. The molecule has 3 aromatic rings. The minimum atomic E-state index is -0.675. The predicted octanol–water partition coefficient (Wildman–Crippen LogP) is 5.81. The van der Waals surface area contributed by atoms with Gasteiger partial charge in [0.1, 0.15) is 5.82 Å². The van der Waals surface area contributed by atoms with Gasteiger partial charge in [0.05, 0.1) is 31.8 Å². The Labute approximate surface area is 233 Å². The summed E-state index contributed by atoms with van der Waals surface area (Å²) in [6, 6.07) is 15.4. The van der Waals surface area contributed by atoms with Gasteiger partial charge < -0.3 is 15.2 Å². The second-order valence-electron chi connectivity index (χ2n) is 8.63. The summed E-state index contributed by atoms with van der Waals surface area (Å²) in [4.78, 5) is 15.2. The number of carbonyl (C=O) groups is 1.